The molecule has 0 aromatic heterocycles. The molecule has 0 aromatic rings. The van der Waals surface area contributed by atoms with Crippen LogP contribution in [0.15, 0.2) is 0 Å². The van der Waals surface area contributed by atoms with Gasteiger partial charge in [-0.05, 0) is 50.9 Å². The lowest BCUT2D eigenvalue weighted by atomic mass is 9.76. The van der Waals surface area contributed by atoms with Gasteiger partial charge in [0.1, 0.15) is 5.60 Å². The molecule has 3 nitrogen and oxygen atoms in total. The van der Waals surface area contributed by atoms with Crippen molar-refractivity contribution in [2.24, 2.45) is 17.3 Å². The van der Waals surface area contributed by atoms with E-state index in [4.69, 9.17) is 4.74 Å². The molecule has 1 rings (SSSR count). The Bertz CT molecular complexity index is 336. The lowest BCUT2D eigenvalue weighted by Crippen LogP contribution is -2.45. The maximum absolute atomic E-state index is 12.1. The van der Waals surface area contributed by atoms with Crippen LogP contribution < -0.4 is 0 Å². The quantitative estimate of drug-likeness (QED) is 0.693. The van der Waals surface area contributed by atoms with Crippen molar-refractivity contribution in [3.63, 3.8) is 0 Å². The molecule has 0 aliphatic carbocycles. The van der Waals surface area contributed by atoms with E-state index in [9.17, 15) is 4.79 Å². The zero-order valence-electron chi connectivity index (χ0n) is 13.8. The van der Waals surface area contributed by atoms with Gasteiger partial charge in [0.25, 0.3) is 0 Å². The van der Waals surface area contributed by atoms with E-state index in [0.29, 0.717) is 17.3 Å². The summed E-state index contributed by atoms with van der Waals surface area (Å²) in [6, 6.07) is 0. The molecule has 0 N–H and O–H groups in total. The summed E-state index contributed by atoms with van der Waals surface area (Å²) in [5, 5.41) is 1.03. The topological polar surface area (TPSA) is 29.5 Å². The van der Waals surface area contributed by atoms with Gasteiger partial charge in [-0.15, -0.1) is 0 Å². The number of ether oxygens (including phenoxy) is 1. The predicted octanol–water partition coefficient (Wildman–Crippen LogP) is 4.69. The van der Waals surface area contributed by atoms with Gasteiger partial charge in [0.15, 0.2) is 0 Å². The number of halogens is 1. The normalized spacial score (nSPS) is 24.6. The lowest BCUT2D eigenvalue weighted by Gasteiger charge is -2.40. The number of rotatable bonds is 3. The molecular formula is C16H30BrNO2. The van der Waals surface area contributed by atoms with Crippen LogP contribution in [0.3, 0.4) is 0 Å². The number of carbonyl (C=O) groups excluding carboxylic acids is 1. The molecule has 0 aromatic carbocycles. The average Bonchev–Trinajstić information content (AvgIpc) is 2.29. The van der Waals surface area contributed by atoms with Crippen molar-refractivity contribution in [3.8, 4) is 0 Å². The Hall–Kier alpha value is -0.250. The van der Waals surface area contributed by atoms with Crippen molar-refractivity contribution in [1.82, 2.24) is 4.90 Å². The third kappa shape index (κ3) is 5.63. The predicted molar refractivity (Wildman–Crippen MR) is 87.3 cm³/mol. The smallest absolute Gasteiger partial charge is 0.410 e. The van der Waals surface area contributed by atoms with Crippen LogP contribution >= 0.6 is 15.9 Å². The highest BCUT2D eigenvalue weighted by atomic mass is 79.9. The van der Waals surface area contributed by atoms with E-state index in [1.165, 1.54) is 6.42 Å². The lowest BCUT2D eigenvalue weighted by molar-refractivity contribution is 0.00904. The second-order valence-electron chi connectivity index (χ2n) is 7.95. The van der Waals surface area contributed by atoms with E-state index in [1.54, 1.807) is 0 Å². The zero-order chi connectivity index (χ0) is 15.6. The summed E-state index contributed by atoms with van der Waals surface area (Å²) in [6.07, 6.45) is 2.13. The highest BCUT2D eigenvalue weighted by Gasteiger charge is 2.33. The number of nitrogens with zero attached hydrogens (tertiary/aromatic N) is 1. The molecular weight excluding hydrogens is 318 g/mol. The number of hydrogen-bond acceptors (Lipinski definition) is 2. The van der Waals surface area contributed by atoms with Crippen LogP contribution in [0.4, 0.5) is 4.79 Å². The van der Waals surface area contributed by atoms with Crippen LogP contribution in [0, 0.1) is 17.3 Å². The molecule has 118 valence electrons. The largest absolute Gasteiger partial charge is 0.444 e. The van der Waals surface area contributed by atoms with Crippen molar-refractivity contribution >= 4 is 22.0 Å². The van der Waals surface area contributed by atoms with Gasteiger partial charge < -0.3 is 9.64 Å². The average molecular weight is 348 g/mol. The standard InChI is InChI=1S/C16H30BrNO2/c1-12-10-18(14(19)20-15(2,3)4)8-7-13(12)9-16(5,6)11-17/h12-13H,7-11H2,1-6H3. The third-order valence-corrected chi connectivity index (χ3v) is 5.43. The molecule has 0 bridgehead atoms. The van der Waals surface area contributed by atoms with Gasteiger partial charge in [-0.2, -0.15) is 0 Å². The molecule has 0 spiro atoms. The first kappa shape index (κ1) is 17.8. The number of piperidine rings is 1. The second kappa shape index (κ2) is 6.67. The van der Waals surface area contributed by atoms with Gasteiger partial charge in [-0.25, -0.2) is 4.79 Å². The second-order valence-corrected chi connectivity index (χ2v) is 8.52. The maximum atomic E-state index is 12.1. The van der Waals surface area contributed by atoms with E-state index in [1.807, 2.05) is 25.7 Å². The highest BCUT2D eigenvalue weighted by Crippen LogP contribution is 2.35. The van der Waals surface area contributed by atoms with Crippen LogP contribution in [-0.2, 0) is 4.74 Å². The zero-order valence-corrected chi connectivity index (χ0v) is 15.4. The minimum Gasteiger partial charge on any atom is -0.444 e. The van der Waals surface area contributed by atoms with Gasteiger partial charge in [0.2, 0.25) is 0 Å². The number of amides is 1. The molecule has 0 radical (unpaired) electrons. The first-order valence-corrected chi connectivity index (χ1v) is 8.70. The Labute approximate surface area is 132 Å². The first-order valence-electron chi connectivity index (χ1n) is 7.58. The van der Waals surface area contributed by atoms with Crippen molar-refractivity contribution in [1.29, 1.82) is 0 Å². The summed E-state index contributed by atoms with van der Waals surface area (Å²) in [6.45, 7) is 14.2. The van der Waals surface area contributed by atoms with Gasteiger partial charge in [0.05, 0.1) is 0 Å². The van der Waals surface area contributed by atoms with Gasteiger partial charge in [-0.1, -0.05) is 36.7 Å². The van der Waals surface area contributed by atoms with Crippen molar-refractivity contribution in [3.05, 3.63) is 0 Å². The molecule has 1 amide bonds. The summed E-state index contributed by atoms with van der Waals surface area (Å²) in [4.78, 5) is 14.0. The Kier molecular flexibility index (Phi) is 5.94. The van der Waals surface area contributed by atoms with Gasteiger partial charge >= 0.3 is 6.09 Å². The SMILES string of the molecule is CC1CN(C(=O)OC(C)(C)C)CCC1CC(C)(C)CBr. The fraction of sp³-hybridized carbons (Fsp3) is 0.938. The van der Waals surface area contributed by atoms with Crippen LogP contribution in [0.1, 0.15) is 54.4 Å². The molecule has 1 aliphatic heterocycles. The summed E-state index contributed by atoms with van der Waals surface area (Å²) in [7, 11) is 0. The molecule has 4 heteroatoms. The number of hydrogen-bond donors (Lipinski definition) is 0. The van der Waals surface area contributed by atoms with Crippen LogP contribution in [0.5, 0.6) is 0 Å². The molecule has 1 aliphatic rings. The Morgan fingerprint density at radius 3 is 2.35 bits per heavy atom. The summed E-state index contributed by atoms with van der Waals surface area (Å²) in [5.41, 5.74) is -0.0812. The molecule has 0 saturated carbocycles. The maximum Gasteiger partial charge on any atom is 0.410 e. The van der Waals surface area contributed by atoms with E-state index in [-0.39, 0.29) is 6.09 Å². The fourth-order valence-corrected chi connectivity index (χ4v) is 2.98. The van der Waals surface area contributed by atoms with Crippen LogP contribution in [0.25, 0.3) is 0 Å². The minimum absolute atomic E-state index is 0.164. The van der Waals surface area contributed by atoms with Crippen LogP contribution in [-0.4, -0.2) is 35.0 Å². The molecule has 2 unspecified atom stereocenters. The summed E-state index contributed by atoms with van der Waals surface area (Å²) < 4.78 is 5.46. The molecule has 20 heavy (non-hydrogen) atoms. The van der Waals surface area contributed by atoms with Crippen LogP contribution in [0.2, 0.25) is 0 Å². The highest BCUT2D eigenvalue weighted by molar-refractivity contribution is 9.09. The monoisotopic (exact) mass is 347 g/mol. The summed E-state index contributed by atoms with van der Waals surface area (Å²) in [5.74, 6) is 1.23. The van der Waals surface area contributed by atoms with Crippen molar-refractivity contribution in [2.45, 2.75) is 60.0 Å². The fourth-order valence-electron chi connectivity index (χ4n) is 2.75. The van der Waals surface area contributed by atoms with Gasteiger partial charge in [-0.3, -0.25) is 0 Å². The first-order chi connectivity index (χ1) is 9.04. The van der Waals surface area contributed by atoms with Gasteiger partial charge in [0, 0.05) is 18.4 Å². The van der Waals surface area contributed by atoms with E-state index < -0.39 is 5.60 Å². The van der Waals surface area contributed by atoms with E-state index >= 15 is 0 Å². The Balaban J connectivity index is 2.53. The molecule has 1 heterocycles. The van der Waals surface area contributed by atoms with E-state index in [0.717, 1.165) is 24.8 Å². The Morgan fingerprint density at radius 2 is 1.90 bits per heavy atom. The van der Waals surface area contributed by atoms with Crippen molar-refractivity contribution in [2.75, 3.05) is 18.4 Å². The van der Waals surface area contributed by atoms with E-state index in [2.05, 4.69) is 36.7 Å². The Morgan fingerprint density at radius 1 is 1.30 bits per heavy atom. The number of carbonyl (C=O) groups is 1. The van der Waals surface area contributed by atoms with Crippen molar-refractivity contribution < 1.29 is 9.53 Å². The third-order valence-electron chi connectivity index (χ3n) is 3.91. The molecule has 2 atom stereocenters. The molecule has 1 saturated heterocycles. The number of likely N-dealkylation sites (tertiary alicyclic amines) is 1. The minimum atomic E-state index is -0.408. The molecule has 1 fully saturated rings. The number of alkyl halides is 1. The summed E-state index contributed by atoms with van der Waals surface area (Å²) >= 11 is 3.60.